The Labute approximate surface area is 159 Å². The minimum atomic E-state index is -0.407. The minimum absolute atomic E-state index is 0.00498. The third-order valence-corrected chi connectivity index (χ3v) is 5.65. The van der Waals surface area contributed by atoms with Crippen LogP contribution in [-0.2, 0) is 0 Å². The lowest BCUT2D eigenvalue weighted by molar-refractivity contribution is -0.384. The molecule has 1 aromatic heterocycles. The van der Waals surface area contributed by atoms with Crippen LogP contribution in [0.2, 0.25) is 0 Å². The van der Waals surface area contributed by atoms with Crippen molar-refractivity contribution in [1.82, 2.24) is 0 Å². The number of nitro benzene ring substituents is 1. The summed E-state index contributed by atoms with van der Waals surface area (Å²) in [5.41, 5.74) is 2.92. The van der Waals surface area contributed by atoms with E-state index in [4.69, 9.17) is 4.42 Å². The second kappa shape index (κ2) is 6.55. The van der Waals surface area contributed by atoms with E-state index in [1.54, 1.807) is 36.4 Å². The lowest BCUT2D eigenvalue weighted by atomic mass is 10.0. The van der Waals surface area contributed by atoms with Crippen molar-refractivity contribution < 1.29 is 14.1 Å². The predicted octanol–water partition coefficient (Wildman–Crippen LogP) is 5.80. The molecule has 0 saturated heterocycles. The summed E-state index contributed by atoms with van der Waals surface area (Å²) in [4.78, 5) is 25.0. The highest BCUT2D eigenvalue weighted by atomic mass is 32.2. The number of fused-ring (bicyclic) bond motifs is 1. The van der Waals surface area contributed by atoms with Crippen LogP contribution >= 0.6 is 11.8 Å². The van der Waals surface area contributed by atoms with Gasteiger partial charge in [-0.1, -0.05) is 23.9 Å². The first-order chi connectivity index (χ1) is 12.9. The molecule has 0 atom stereocenters. The smallest absolute Gasteiger partial charge is 0.280 e. The van der Waals surface area contributed by atoms with Gasteiger partial charge in [0.15, 0.2) is 0 Å². The molecule has 4 rings (SSSR count). The molecular formula is C21H15NO4S. The van der Waals surface area contributed by atoms with E-state index in [9.17, 15) is 14.9 Å². The summed E-state index contributed by atoms with van der Waals surface area (Å²) in [5, 5.41) is 11.4. The number of furan rings is 1. The van der Waals surface area contributed by atoms with E-state index in [1.165, 1.54) is 11.8 Å². The van der Waals surface area contributed by atoms with E-state index in [1.807, 2.05) is 32.0 Å². The summed E-state index contributed by atoms with van der Waals surface area (Å²) in [7, 11) is 0. The Morgan fingerprint density at radius 1 is 1.04 bits per heavy atom. The molecule has 2 heterocycles. The SMILES string of the molecule is Cc1cc(-c2ccc(C=C3Sc4ccccc4C3=O)o2)c([N+](=O)[O-])cc1C. The van der Waals surface area contributed by atoms with Crippen LogP contribution in [0.5, 0.6) is 0 Å². The molecule has 27 heavy (non-hydrogen) atoms. The third-order valence-electron chi connectivity index (χ3n) is 4.55. The Morgan fingerprint density at radius 3 is 2.52 bits per heavy atom. The molecule has 0 spiro atoms. The zero-order valence-corrected chi connectivity index (χ0v) is 15.5. The van der Waals surface area contributed by atoms with Crippen molar-refractivity contribution in [3.05, 3.63) is 86.0 Å². The molecule has 1 aliphatic heterocycles. The van der Waals surface area contributed by atoms with Crippen LogP contribution in [0, 0.1) is 24.0 Å². The highest BCUT2D eigenvalue weighted by Crippen LogP contribution is 2.41. The number of Topliss-reactive ketones (excluding diaryl/α,β-unsaturated/α-hetero) is 1. The number of hydrogen-bond donors (Lipinski definition) is 0. The number of allylic oxidation sites excluding steroid dienone is 1. The van der Waals surface area contributed by atoms with Crippen LogP contribution < -0.4 is 0 Å². The van der Waals surface area contributed by atoms with Crippen molar-refractivity contribution in [1.29, 1.82) is 0 Å². The zero-order valence-electron chi connectivity index (χ0n) is 14.7. The number of rotatable bonds is 3. The molecular weight excluding hydrogens is 362 g/mol. The zero-order chi connectivity index (χ0) is 19.1. The predicted molar refractivity (Wildman–Crippen MR) is 105 cm³/mol. The summed E-state index contributed by atoms with van der Waals surface area (Å²) in [6, 6.07) is 14.2. The molecule has 2 aromatic carbocycles. The minimum Gasteiger partial charge on any atom is -0.456 e. The fourth-order valence-electron chi connectivity index (χ4n) is 2.99. The van der Waals surface area contributed by atoms with Gasteiger partial charge in [0.1, 0.15) is 11.5 Å². The summed E-state index contributed by atoms with van der Waals surface area (Å²) < 4.78 is 5.82. The number of carbonyl (C=O) groups is 1. The molecule has 0 bridgehead atoms. The van der Waals surface area contributed by atoms with Crippen molar-refractivity contribution in [2.45, 2.75) is 18.7 Å². The standard InChI is InChI=1S/C21H15NO4S/c1-12-9-16(17(22(24)25)10-13(12)2)18-8-7-14(26-18)11-20-21(23)15-5-3-4-6-19(15)27-20/h3-11H,1-2H3. The second-order valence-electron chi connectivity index (χ2n) is 6.35. The number of ketones is 1. The Morgan fingerprint density at radius 2 is 1.78 bits per heavy atom. The molecule has 0 radical (unpaired) electrons. The van der Waals surface area contributed by atoms with Crippen molar-refractivity contribution >= 4 is 29.3 Å². The Balaban J connectivity index is 1.71. The Hall–Kier alpha value is -3.12. The van der Waals surface area contributed by atoms with E-state index in [-0.39, 0.29) is 11.5 Å². The first-order valence-electron chi connectivity index (χ1n) is 8.33. The largest absolute Gasteiger partial charge is 0.456 e. The number of nitrogens with zero attached hydrogens (tertiary/aromatic N) is 1. The van der Waals surface area contributed by atoms with E-state index in [2.05, 4.69) is 0 Å². The number of benzene rings is 2. The number of carbonyl (C=O) groups excluding carboxylic acids is 1. The highest BCUT2D eigenvalue weighted by molar-refractivity contribution is 8.04. The first-order valence-corrected chi connectivity index (χ1v) is 9.15. The molecule has 0 amide bonds. The monoisotopic (exact) mass is 377 g/mol. The highest BCUT2D eigenvalue weighted by Gasteiger charge is 2.26. The maximum absolute atomic E-state index is 12.5. The normalized spacial score (nSPS) is 14.6. The Bertz CT molecular complexity index is 1130. The number of aryl methyl sites for hydroxylation is 2. The third kappa shape index (κ3) is 3.08. The van der Waals surface area contributed by atoms with Crippen molar-refractivity contribution in [2.75, 3.05) is 0 Å². The lowest BCUT2D eigenvalue weighted by Gasteiger charge is -2.04. The van der Waals surface area contributed by atoms with Gasteiger partial charge in [0.05, 0.1) is 15.4 Å². The molecule has 0 aliphatic carbocycles. The van der Waals surface area contributed by atoms with Crippen LogP contribution in [0.3, 0.4) is 0 Å². The maximum Gasteiger partial charge on any atom is 0.280 e. The average Bonchev–Trinajstić information content (AvgIpc) is 3.23. The fraction of sp³-hybridized carbons (Fsp3) is 0.0952. The number of hydrogen-bond acceptors (Lipinski definition) is 5. The van der Waals surface area contributed by atoms with Crippen LogP contribution in [-0.4, -0.2) is 10.7 Å². The van der Waals surface area contributed by atoms with Gasteiger partial charge in [-0.25, -0.2) is 0 Å². The van der Waals surface area contributed by atoms with Gasteiger partial charge in [-0.05, 0) is 61.4 Å². The summed E-state index contributed by atoms with van der Waals surface area (Å²) in [5.74, 6) is 0.858. The molecule has 6 heteroatoms. The van der Waals surface area contributed by atoms with Gasteiger partial charge in [0.25, 0.3) is 5.69 Å². The van der Waals surface area contributed by atoms with Crippen LogP contribution in [0.4, 0.5) is 5.69 Å². The van der Waals surface area contributed by atoms with Crippen LogP contribution in [0.15, 0.2) is 62.7 Å². The molecule has 0 unspecified atom stereocenters. The molecule has 0 fully saturated rings. The maximum atomic E-state index is 12.5. The first kappa shape index (κ1) is 17.3. The van der Waals surface area contributed by atoms with E-state index in [0.29, 0.717) is 27.6 Å². The van der Waals surface area contributed by atoms with E-state index >= 15 is 0 Å². The lowest BCUT2D eigenvalue weighted by Crippen LogP contribution is -1.94. The van der Waals surface area contributed by atoms with Crippen molar-refractivity contribution in [2.24, 2.45) is 0 Å². The van der Waals surface area contributed by atoms with E-state index < -0.39 is 4.92 Å². The van der Waals surface area contributed by atoms with Crippen molar-refractivity contribution in [3.63, 3.8) is 0 Å². The van der Waals surface area contributed by atoms with E-state index in [0.717, 1.165) is 16.0 Å². The topological polar surface area (TPSA) is 73.3 Å². The molecule has 5 nitrogen and oxygen atoms in total. The average molecular weight is 377 g/mol. The van der Waals surface area contributed by atoms with Gasteiger partial charge >= 0.3 is 0 Å². The van der Waals surface area contributed by atoms with Gasteiger partial charge in [-0.3, -0.25) is 14.9 Å². The summed E-state index contributed by atoms with van der Waals surface area (Å²) in [6.45, 7) is 3.74. The number of thioether (sulfide) groups is 1. The van der Waals surface area contributed by atoms with Gasteiger partial charge in [0.2, 0.25) is 5.78 Å². The molecule has 0 saturated carbocycles. The molecule has 134 valence electrons. The fourth-order valence-corrected chi connectivity index (χ4v) is 4.02. The molecule has 0 N–H and O–H groups in total. The quantitative estimate of drug-likeness (QED) is 0.327. The summed E-state index contributed by atoms with van der Waals surface area (Å²) >= 11 is 1.40. The Kier molecular flexibility index (Phi) is 4.20. The van der Waals surface area contributed by atoms with Gasteiger partial charge in [0, 0.05) is 16.5 Å². The van der Waals surface area contributed by atoms with Gasteiger partial charge in [-0.2, -0.15) is 0 Å². The van der Waals surface area contributed by atoms with Crippen LogP contribution in [0.25, 0.3) is 17.4 Å². The number of nitro groups is 1. The second-order valence-corrected chi connectivity index (χ2v) is 7.43. The van der Waals surface area contributed by atoms with Gasteiger partial charge in [-0.15, -0.1) is 0 Å². The summed E-state index contributed by atoms with van der Waals surface area (Å²) in [6.07, 6.45) is 1.68. The van der Waals surface area contributed by atoms with Gasteiger partial charge < -0.3 is 4.42 Å². The molecule has 1 aliphatic rings. The molecule has 3 aromatic rings. The van der Waals surface area contributed by atoms with Crippen LogP contribution in [0.1, 0.15) is 27.2 Å². The van der Waals surface area contributed by atoms with Crippen molar-refractivity contribution in [3.8, 4) is 11.3 Å².